The quantitative estimate of drug-likeness (QED) is 0.732. The van der Waals surface area contributed by atoms with Crippen LogP contribution in [-0.2, 0) is 14.3 Å². The second-order valence-corrected chi connectivity index (χ2v) is 9.62. The van der Waals surface area contributed by atoms with E-state index in [-0.39, 0.29) is 36.2 Å². The molecular formula is C25H35N3O4. The molecule has 1 aromatic carbocycles. The average Bonchev–Trinajstić information content (AvgIpc) is 3.40. The lowest BCUT2D eigenvalue weighted by atomic mass is 9.89. The molecule has 3 saturated heterocycles. The summed E-state index contributed by atoms with van der Waals surface area (Å²) < 4.78 is 5.52. The summed E-state index contributed by atoms with van der Waals surface area (Å²) in [5.74, 6) is 0.0262. The highest BCUT2D eigenvalue weighted by atomic mass is 16.5. The van der Waals surface area contributed by atoms with Gasteiger partial charge in [-0.2, -0.15) is 0 Å². The van der Waals surface area contributed by atoms with Gasteiger partial charge in [0.15, 0.2) is 5.78 Å². The van der Waals surface area contributed by atoms with Gasteiger partial charge in [-0.25, -0.2) is 0 Å². The molecule has 3 fully saturated rings. The Morgan fingerprint density at radius 1 is 1.12 bits per heavy atom. The number of ketones is 1. The summed E-state index contributed by atoms with van der Waals surface area (Å²) in [6, 6.07) is 6.66. The van der Waals surface area contributed by atoms with Crippen LogP contribution in [-0.4, -0.2) is 78.9 Å². The van der Waals surface area contributed by atoms with Gasteiger partial charge in [0.2, 0.25) is 5.91 Å². The van der Waals surface area contributed by atoms with Crippen molar-refractivity contribution >= 4 is 17.6 Å². The van der Waals surface area contributed by atoms with Crippen LogP contribution >= 0.6 is 0 Å². The van der Waals surface area contributed by atoms with Gasteiger partial charge in [-0.15, -0.1) is 0 Å². The maximum Gasteiger partial charge on any atom is 0.251 e. The predicted molar refractivity (Wildman–Crippen MR) is 121 cm³/mol. The van der Waals surface area contributed by atoms with E-state index in [4.69, 9.17) is 4.74 Å². The van der Waals surface area contributed by atoms with E-state index in [2.05, 4.69) is 17.3 Å². The number of hydrogen-bond donors (Lipinski definition) is 1. The number of fused-ring (bicyclic) bond motifs is 1. The number of hydrogen-bond acceptors (Lipinski definition) is 5. The minimum atomic E-state index is -0.659. The van der Waals surface area contributed by atoms with Crippen molar-refractivity contribution in [1.29, 1.82) is 0 Å². The zero-order valence-corrected chi connectivity index (χ0v) is 19.4. The van der Waals surface area contributed by atoms with Crippen molar-refractivity contribution in [3.05, 3.63) is 35.4 Å². The van der Waals surface area contributed by atoms with E-state index in [0.717, 1.165) is 32.4 Å². The third-order valence-corrected chi connectivity index (χ3v) is 7.52. The van der Waals surface area contributed by atoms with Gasteiger partial charge in [-0.05, 0) is 68.9 Å². The molecule has 0 bridgehead atoms. The molecule has 1 aromatic rings. The Bertz CT molecular complexity index is 847. The number of rotatable bonds is 6. The summed E-state index contributed by atoms with van der Waals surface area (Å²) in [4.78, 5) is 42.6. The third kappa shape index (κ3) is 4.59. The van der Waals surface area contributed by atoms with Crippen LogP contribution < -0.4 is 5.32 Å². The average molecular weight is 442 g/mol. The molecule has 2 amide bonds. The first kappa shape index (κ1) is 22.9. The molecule has 7 heteroatoms. The van der Waals surface area contributed by atoms with E-state index in [1.165, 1.54) is 5.56 Å². The van der Waals surface area contributed by atoms with Crippen LogP contribution in [0.3, 0.4) is 0 Å². The molecule has 1 unspecified atom stereocenters. The summed E-state index contributed by atoms with van der Waals surface area (Å²) >= 11 is 0. The van der Waals surface area contributed by atoms with Gasteiger partial charge in [-0.1, -0.05) is 32.4 Å². The van der Waals surface area contributed by atoms with Gasteiger partial charge >= 0.3 is 0 Å². The van der Waals surface area contributed by atoms with Gasteiger partial charge in [0.25, 0.3) is 5.91 Å². The van der Waals surface area contributed by atoms with E-state index in [9.17, 15) is 14.4 Å². The molecule has 4 rings (SSSR count). The van der Waals surface area contributed by atoms with Crippen molar-refractivity contribution in [3.63, 3.8) is 0 Å². The lowest BCUT2D eigenvalue weighted by molar-refractivity contribution is -0.139. The Morgan fingerprint density at radius 2 is 1.81 bits per heavy atom. The maximum absolute atomic E-state index is 13.4. The zero-order valence-electron chi connectivity index (χ0n) is 19.4. The lowest BCUT2D eigenvalue weighted by Crippen LogP contribution is -2.54. The Hall–Kier alpha value is -2.25. The number of Topliss-reactive ketones (excluding diaryl/α,β-unsaturated/α-hetero) is 1. The largest absolute Gasteiger partial charge is 0.368 e. The molecule has 1 N–H and O–H groups in total. The Morgan fingerprint density at radius 3 is 2.47 bits per heavy atom. The number of ether oxygens (including phenoxy) is 1. The second-order valence-electron chi connectivity index (χ2n) is 9.62. The van der Waals surface area contributed by atoms with Crippen LogP contribution in [0.5, 0.6) is 0 Å². The summed E-state index contributed by atoms with van der Waals surface area (Å²) in [7, 11) is 2.15. The summed E-state index contributed by atoms with van der Waals surface area (Å²) in [5, 5.41) is 2.97. The molecule has 7 nitrogen and oxygen atoms in total. The number of carbonyl (C=O) groups is 3. The second kappa shape index (κ2) is 9.71. The molecule has 0 aliphatic carbocycles. The highest BCUT2D eigenvalue weighted by molar-refractivity contribution is 5.99. The van der Waals surface area contributed by atoms with Gasteiger partial charge in [0, 0.05) is 12.1 Å². The molecule has 174 valence electrons. The summed E-state index contributed by atoms with van der Waals surface area (Å²) in [6.07, 6.45) is 3.48. The van der Waals surface area contributed by atoms with Gasteiger partial charge in [0.05, 0.1) is 6.10 Å². The van der Waals surface area contributed by atoms with Crippen LogP contribution in [0.1, 0.15) is 61.4 Å². The maximum atomic E-state index is 13.4. The van der Waals surface area contributed by atoms with E-state index in [1.54, 1.807) is 4.90 Å². The van der Waals surface area contributed by atoms with Crippen molar-refractivity contribution in [2.75, 3.05) is 33.3 Å². The molecular weight excluding hydrogens is 406 g/mol. The van der Waals surface area contributed by atoms with Crippen molar-refractivity contribution < 1.29 is 19.1 Å². The first-order valence-electron chi connectivity index (χ1n) is 11.9. The first-order valence-corrected chi connectivity index (χ1v) is 11.9. The van der Waals surface area contributed by atoms with Crippen LogP contribution in [0.15, 0.2) is 24.3 Å². The van der Waals surface area contributed by atoms with Crippen molar-refractivity contribution in [2.24, 2.45) is 5.92 Å². The fourth-order valence-corrected chi connectivity index (χ4v) is 5.18. The highest BCUT2D eigenvalue weighted by Crippen LogP contribution is 2.29. The number of benzene rings is 1. The number of likely N-dealkylation sites (tertiary alicyclic amines) is 2. The van der Waals surface area contributed by atoms with Crippen LogP contribution in [0.4, 0.5) is 0 Å². The van der Waals surface area contributed by atoms with Crippen LogP contribution in [0, 0.1) is 5.92 Å². The molecule has 0 saturated carbocycles. The molecule has 32 heavy (non-hydrogen) atoms. The number of nitrogens with zero attached hydrogens (tertiary/aromatic N) is 2. The van der Waals surface area contributed by atoms with E-state index in [1.807, 2.05) is 38.1 Å². The normalized spacial score (nSPS) is 26.1. The molecule has 3 aliphatic heterocycles. The number of amides is 2. The van der Waals surface area contributed by atoms with E-state index < -0.39 is 12.1 Å². The van der Waals surface area contributed by atoms with Crippen molar-refractivity contribution in [2.45, 2.75) is 63.6 Å². The molecule has 0 spiro atoms. The Labute approximate surface area is 190 Å². The number of piperidine rings is 1. The van der Waals surface area contributed by atoms with E-state index in [0.29, 0.717) is 24.4 Å². The highest BCUT2D eigenvalue weighted by Gasteiger charge is 2.48. The van der Waals surface area contributed by atoms with Crippen molar-refractivity contribution in [3.8, 4) is 0 Å². The molecule has 0 radical (unpaired) electrons. The topological polar surface area (TPSA) is 79.0 Å². The SMILES string of the molecule is CC[C@H](C)C(NC(=O)c1ccc(C2CCN(C)CC2)cc1)C(=O)N1CC[C@H]2OCC(=O)[C@H]21. The zero-order chi connectivity index (χ0) is 22.8. The van der Waals surface area contributed by atoms with Crippen molar-refractivity contribution in [1.82, 2.24) is 15.1 Å². The first-order chi connectivity index (χ1) is 15.4. The third-order valence-electron chi connectivity index (χ3n) is 7.52. The fraction of sp³-hybridized carbons (Fsp3) is 0.640. The number of carbonyl (C=O) groups excluding carboxylic acids is 3. The smallest absolute Gasteiger partial charge is 0.251 e. The van der Waals surface area contributed by atoms with Gasteiger partial charge in [0.1, 0.15) is 18.7 Å². The molecule has 4 atom stereocenters. The number of nitrogens with one attached hydrogen (secondary N) is 1. The van der Waals surface area contributed by atoms with E-state index >= 15 is 0 Å². The van der Waals surface area contributed by atoms with Crippen LogP contribution in [0.25, 0.3) is 0 Å². The monoisotopic (exact) mass is 441 g/mol. The molecule has 3 aliphatic rings. The standard InChI is InChI=1S/C25H35N3O4/c1-4-16(2)22(25(31)28-14-11-21-23(28)20(29)15-32-21)26-24(30)19-7-5-17(6-8-19)18-9-12-27(3)13-10-18/h5-8,16,18,21-23H,4,9-15H2,1-3H3,(H,26,30)/t16-,21+,22?,23+/m0/s1. The minimum Gasteiger partial charge on any atom is -0.368 e. The van der Waals surface area contributed by atoms with Gasteiger partial charge < -0.3 is 19.9 Å². The Balaban J connectivity index is 1.44. The van der Waals surface area contributed by atoms with Crippen LogP contribution in [0.2, 0.25) is 0 Å². The Kier molecular flexibility index (Phi) is 6.96. The fourth-order valence-electron chi connectivity index (χ4n) is 5.18. The predicted octanol–water partition coefficient (Wildman–Crippen LogP) is 2.21. The summed E-state index contributed by atoms with van der Waals surface area (Å²) in [6.45, 7) is 6.72. The lowest BCUT2D eigenvalue weighted by Gasteiger charge is -2.30. The molecule has 0 aromatic heterocycles. The minimum absolute atomic E-state index is 0.0403. The summed E-state index contributed by atoms with van der Waals surface area (Å²) in [5.41, 5.74) is 1.83. The molecule has 3 heterocycles. The van der Waals surface area contributed by atoms with Gasteiger partial charge in [-0.3, -0.25) is 14.4 Å².